The highest BCUT2D eigenvalue weighted by Crippen LogP contribution is 2.35. The molecule has 1 N–H and O–H groups in total. The first-order valence-electron chi connectivity index (χ1n) is 7.71. The summed E-state index contributed by atoms with van der Waals surface area (Å²) in [6.45, 7) is 7.15. The molecule has 0 aliphatic carbocycles. The Morgan fingerprint density at radius 3 is 2.52 bits per heavy atom. The molecule has 0 radical (unpaired) electrons. The summed E-state index contributed by atoms with van der Waals surface area (Å²) in [4.78, 5) is 16.6. The Balaban J connectivity index is 1.65. The summed E-state index contributed by atoms with van der Waals surface area (Å²) in [5, 5.41) is 9.36. The fraction of sp³-hybridized carbons (Fsp3) is 0.588. The van der Waals surface area contributed by atoms with Crippen LogP contribution in [0.1, 0.15) is 25.8 Å². The zero-order chi connectivity index (χ0) is 15.0. The summed E-state index contributed by atoms with van der Waals surface area (Å²) in [6.07, 6.45) is 0.578. The highest BCUT2D eigenvalue weighted by molar-refractivity contribution is 5.80. The molecule has 114 valence electrons. The zero-order valence-electron chi connectivity index (χ0n) is 12.8. The molecular weight excluding hydrogens is 264 g/mol. The first kappa shape index (κ1) is 14.5. The average Bonchev–Trinajstić information content (AvgIpc) is 2.71. The van der Waals surface area contributed by atoms with E-state index >= 15 is 0 Å². The molecule has 4 nitrogen and oxygen atoms in total. The number of benzene rings is 1. The van der Waals surface area contributed by atoms with Crippen molar-refractivity contribution in [3.05, 3.63) is 35.9 Å². The maximum atomic E-state index is 12.4. The Morgan fingerprint density at radius 1 is 1.24 bits per heavy atom. The molecule has 0 saturated carbocycles. The summed E-state index contributed by atoms with van der Waals surface area (Å²) in [5.41, 5.74) is 1.33. The number of likely N-dealkylation sites (tertiary alicyclic amines) is 2. The Labute approximate surface area is 126 Å². The van der Waals surface area contributed by atoms with E-state index in [0.717, 1.165) is 19.5 Å². The Morgan fingerprint density at radius 2 is 1.90 bits per heavy atom. The molecule has 2 aliphatic heterocycles. The highest BCUT2D eigenvalue weighted by Gasteiger charge is 2.44. The van der Waals surface area contributed by atoms with Gasteiger partial charge in [-0.3, -0.25) is 9.69 Å². The molecule has 1 aromatic carbocycles. The third kappa shape index (κ3) is 2.97. The van der Waals surface area contributed by atoms with Crippen LogP contribution in [0.4, 0.5) is 0 Å². The van der Waals surface area contributed by atoms with Crippen molar-refractivity contribution in [3.63, 3.8) is 0 Å². The lowest BCUT2D eigenvalue weighted by Crippen LogP contribution is -2.55. The van der Waals surface area contributed by atoms with Gasteiger partial charge in [-0.25, -0.2) is 0 Å². The fourth-order valence-electron chi connectivity index (χ4n) is 3.45. The van der Waals surface area contributed by atoms with Gasteiger partial charge in [-0.05, 0) is 25.8 Å². The van der Waals surface area contributed by atoms with Crippen molar-refractivity contribution < 1.29 is 9.90 Å². The maximum Gasteiger partial charge on any atom is 0.227 e. The van der Waals surface area contributed by atoms with Crippen LogP contribution in [0.15, 0.2) is 30.3 Å². The van der Waals surface area contributed by atoms with E-state index in [4.69, 9.17) is 0 Å². The molecule has 2 aliphatic rings. The monoisotopic (exact) mass is 288 g/mol. The zero-order valence-corrected chi connectivity index (χ0v) is 12.8. The molecule has 0 aromatic heterocycles. The minimum Gasteiger partial charge on any atom is -0.389 e. The van der Waals surface area contributed by atoms with Gasteiger partial charge < -0.3 is 10.0 Å². The van der Waals surface area contributed by atoms with Crippen LogP contribution in [0.5, 0.6) is 0 Å². The van der Waals surface area contributed by atoms with Crippen molar-refractivity contribution in [1.29, 1.82) is 0 Å². The molecule has 2 saturated heterocycles. The van der Waals surface area contributed by atoms with E-state index in [2.05, 4.69) is 43.0 Å². The molecule has 21 heavy (non-hydrogen) atoms. The van der Waals surface area contributed by atoms with E-state index in [1.807, 2.05) is 6.07 Å². The van der Waals surface area contributed by atoms with Gasteiger partial charge in [0.25, 0.3) is 0 Å². The lowest BCUT2D eigenvalue weighted by atomic mass is 9.94. The molecular formula is C17H24N2O2. The molecule has 3 rings (SSSR count). The van der Waals surface area contributed by atoms with Gasteiger partial charge in [0.05, 0.1) is 12.0 Å². The fourth-order valence-corrected chi connectivity index (χ4v) is 3.45. The Kier molecular flexibility index (Phi) is 3.76. The minimum absolute atomic E-state index is 0.0413. The average molecular weight is 288 g/mol. The molecule has 1 aromatic rings. The van der Waals surface area contributed by atoms with Gasteiger partial charge in [0.15, 0.2) is 0 Å². The predicted octanol–water partition coefficient (Wildman–Crippen LogP) is 1.49. The van der Waals surface area contributed by atoms with Crippen molar-refractivity contribution in [2.24, 2.45) is 5.92 Å². The van der Waals surface area contributed by atoms with E-state index in [1.54, 1.807) is 4.90 Å². The number of carbonyl (C=O) groups excluding carboxylic acids is 1. The molecule has 2 heterocycles. The van der Waals surface area contributed by atoms with Crippen molar-refractivity contribution in [2.75, 3.05) is 19.6 Å². The van der Waals surface area contributed by atoms with Crippen LogP contribution in [-0.2, 0) is 11.3 Å². The largest absolute Gasteiger partial charge is 0.389 e. The van der Waals surface area contributed by atoms with E-state index in [0.29, 0.717) is 13.1 Å². The van der Waals surface area contributed by atoms with Gasteiger partial charge in [0.2, 0.25) is 5.91 Å². The number of amides is 1. The topological polar surface area (TPSA) is 43.8 Å². The molecule has 1 atom stereocenters. The highest BCUT2D eigenvalue weighted by atomic mass is 16.3. The number of aliphatic hydroxyl groups excluding tert-OH is 1. The minimum atomic E-state index is -0.316. The predicted molar refractivity (Wildman–Crippen MR) is 81.6 cm³/mol. The van der Waals surface area contributed by atoms with Crippen LogP contribution < -0.4 is 0 Å². The lowest BCUT2D eigenvalue weighted by Gasteiger charge is -2.37. The van der Waals surface area contributed by atoms with Crippen LogP contribution in [0.25, 0.3) is 0 Å². The van der Waals surface area contributed by atoms with Gasteiger partial charge in [-0.2, -0.15) is 0 Å². The quantitative estimate of drug-likeness (QED) is 0.916. The van der Waals surface area contributed by atoms with Crippen LogP contribution in [0.3, 0.4) is 0 Å². The normalized spacial score (nSPS) is 25.9. The molecule has 2 fully saturated rings. The first-order chi connectivity index (χ1) is 9.95. The Hall–Kier alpha value is -1.39. The lowest BCUT2D eigenvalue weighted by molar-refractivity contribution is -0.145. The van der Waals surface area contributed by atoms with Gasteiger partial charge in [0, 0.05) is 31.7 Å². The van der Waals surface area contributed by atoms with Crippen LogP contribution in [0, 0.1) is 5.92 Å². The van der Waals surface area contributed by atoms with Gasteiger partial charge >= 0.3 is 0 Å². The smallest absolute Gasteiger partial charge is 0.227 e. The van der Waals surface area contributed by atoms with E-state index in [9.17, 15) is 9.90 Å². The van der Waals surface area contributed by atoms with Crippen LogP contribution in [0.2, 0.25) is 0 Å². The molecule has 1 amide bonds. The summed E-state index contributed by atoms with van der Waals surface area (Å²) in [5.74, 6) is 0.278. The Bertz CT molecular complexity index is 509. The number of carbonyl (C=O) groups is 1. The second kappa shape index (κ2) is 5.43. The SMILES string of the molecule is CC1(C)CC(C(=O)N2CC(O)C2)CN1Cc1ccccc1. The maximum absolute atomic E-state index is 12.4. The molecule has 0 spiro atoms. The van der Waals surface area contributed by atoms with Gasteiger partial charge in [0.1, 0.15) is 0 Å². The third-order valence-electron chi connectivity index (χ3n) is 4.78. The number of rotatable bonds is 3. The van der Waals surface area contributed by atoms with Crippen molar-refractivity contribution in [2.45, 2.75) is 38.5 Å². The standard InChI is InChI=1S/C17H24N2O2/c1-17(2)8-14(16(21)18-11-15(20)12-18)10-19(17)9-13-6-4-3-5-7-13/h3-7,14-15,20H,8-12H2,1-2H3. The summed E-state index contributed by atoms with van der Waals surface area (Å²) >= 11 is 0. The van der Waals surface area contributed by atoms with E-state index in [1.165, 1.54) is 5.56 Å². The number of aliphatic hydroxyl groups is 1. The summed E-state index contributed by atoms with van der Waals surface area (Å²) < 4.78 is 0. The molecule has 1 unspecified atom stereocenters. The number of nitrogens with zero attached hydrogens (tertiary/aromatic N) is 2. The summed E-state index contributed by atoms with van der Waals surface area (Å²) in [7, 11) is 0. The number of hydrogen-bond acceptors (Lipinski definition) is 3. The van der Waals surface area contributed by atoms with Crippen molar-refractivity contribution in [1.82, 2.24) is 9.80 Å². The number of hydrogen-bond donors (Lipinski definition) is 1. The summed E-state index contributed by atoms with van der Waals surface area (Å²) in [6, 6.07) is 10.4. The van der Waals surface area contributed by atoms with Crippen LogP contribution in [-0.4, -0.2) is 52.1 Å². The van der Waals surface area contributed by atoms with Crippen molar-refractivity contribution >= 4 is 5.91 Å². The van der Waals surface area contributed by atoms with Gasteiger partial charge in [-0.15, -0.1) is 0 Å². The van der Waals surface area contributed by atoms with Crippen LogP contribution >= 0.6 is 0 Å². The van der Waals surface area contributed by atoms with E-state index < -0.39 is 0 Å². The second-order valence-corrected chi connectivity index (χ2v) is 6.98. The molecule has 0 bridgehead atoms. The number of β-amino-alcohol motifs (C(OH)–C–C–N with tert-alkyl or cyclic N) is 1. The first-order valence-corrected chi connectivity index (χ1v) is 7.71. The van der Waals surface area contributed by atoms with Gasteiger partial charge in [-0.1, -0.05) is 30.3 Å². The second-order valence-electron chi connectivity index (χ2n) is 6.98. The van der Waals surface area contributed by atoms with Crippen molar-refractivity contribution in [3.8, 4) is 0 Å². The molecule has 4 heteroatoms. The van der Waals surface area contributed by atoms with E-state index in [-0.39, 0.29) is 23.5 Å². The third-order valence-corrected chi connectivity index (χ3v) is 4.78.